The number of carboxylic acid groups (broad SMARTS) is 1. The molecule has 0 fully saturated rings. The molecule has 1 aliphatic rings. The zero-order valence-corrected chi connectivity index (χ0v) is 12.4. The third kappa shape index (κ3) is 2.05. The molecule has 104 valence electrons. The van der Waals surface area contributed by atoms with Gasteiger partial charge in [0.25, 0.3) is 0 Å². The van der Waals surface area contributed by atoms with Crippen molar-refractivity contribution in [2.45, 2.75) is 18.8 Å². The second-order valence-electron chi connectivity index (χ2n) is 4.48. The number of nitrogens with zero attached hydrogens (tertiary/aromatic N) is 1. The largest absolute Gasteiger partial charge is 0.481 e. The number of hydrogen-bond donors (Lipinski definition) is 1. The van der Waals surface area contributed by atoms with Crippen LogP contribution in [0.25, 0.3) is 10.6 Å². The Hall–Kier alpha value is -1.34. The maximum atomic E-state index is 13.5. The minimum Gasteiger partial charge on any atom is -0.481 e. The average molecular weight is 360 g/mol. The quantitative estimate of drug-likeness (QED) is 0.825. The van der Waals surface area contributed by atoms with Gasteiger partial charge in [-0.1, -0.05) is 0 Å². The van der Waals surface area contributed by atoms with Crippen molar-refractivity contribution in [3.8, 4) is 10.6 Å². The van der Waals surface area contributed by atoms with Crippen molar-refractivity contribution in [3.63, 3.8) is 0 Å². The molecule has 1 atom stereocenters. The van der Waals surface area contributed by atoms with Crippen molar-refractivity contribution in [2.75, 3.05) is 0 Å². The summed E-state index contributed by atoms with van der Waals surface area (Å²) in [5, 5.41) is 9.63. The fourth-order valence-electron chi connectivity index (χ4n) is 2.27. The molecule has 0 amide bonds. The van der Waals surface area contributed by atoms with E-state index in [1.54, 1.807) is 0 Å². The van der Waals surface area contributed by atoms with Gasteiger partial charge in [0.1, 0.15) is 10.9 Å². The number of carboxylic acids is 1. The van der Waals surface area contributed by atoms with Crippen LogP contribution in [-0.2, 0) is 11.2 Å². The first-order valence-corrected chi connectivity index (χ1v) is 7.46. The molecule has 1 aliphatic carbocycles. The SMILES string of the molecule is O=C(O)C1CCc2sc(-c3ccc(F)c(F)c3Br)nc21. The lowest BCUT2D eigenvalue weighted by Crippen LogP contribution is -2.08. The van der Waals surface area contributed by atoms with E-state index in [1.165, 1.54) is 17.4 Å². The Bertz CT molecular complexity index is 717. The monoisotopic (exact) mass is 359 g/mol. The third-order valence-corrected chi connectivity index (χ3v) is 5.22. The first-order chi connectivity index (χ1) is 9.49. The Morgan fingerprint density at radius 3 is 2.90 bits per heavy atom. The summed E-state index contributed by atoms with van der Waals surface area (Å²) in [7, 11) is 0. The lowest BCUT2D eigenvalue weighted by molar-refractivity contribution is -0.138. The van der Waals surface area contributed by atoms with Crippen LogP contribution in [0.5, 0.6) is 0 Å². The first kappa shape index (κ1) is 13.6. The first-order valence-electron chi connectivity index (χ1n) is 5.85. The van der Waals surface area contributed by atoms with Crippen molar-refractivity contribution < 1.29 is 18.7 Å². The van der Waals surface area contributed by atoms with E-state index in [2.05, 4.69) is 20.9 Å². The van der Waals surface area contributed by atoms with Gasteiger partial charge in [0, 0.05) is 10.4 Å². The molecule has 1 heterocycles. The van der Waals surface area contributed by atoms with Crippen molar-refractivity contribution in [1.82, 2.24) is 4.98 Å². The highest BCUT2D eigenvalue weighted by Crippen LogP contribution is 2.42. The standard InChI is InChI=1S/C13H8BrF2NO2S/c14-9-5(1-3-7(15)10(9)16)12-17-11-6(13(18)19)2-4-8(11)20-12/h1,3,6H,2,4H2,(H,18,19). The molecule has 3 nitrogen and oxygen atoms in total. The second kappa shape index (κ2) is 4.89. The third-order valence-electron chi connectivity index (χ3n) is 3.28. The molecule has 0 radical (unpaired) electrons. The fourth-order valence-corrected chi connectivity index (χ4v) is 4.08. The van der Waals surface area contributed by atoms with Gasteiger partial charge in [-0.2, -0.15) is 0 Å². The maximum Gasteiger partial charge on any atom is 0.312 e. The van der Waals surface area contributed by atoms with Crippen molar-refractivity contribution >= 4 is 33.2 Å². The Morgan fingerprint density at radius 2 is 2.20 bits per heavy atom. The number of fused-ring (bicyclic) bond motifs is 1. The molecule has 2 aromatic rings. The fraction of sp³-hybridized carbons (Fsp3) is 0.231. The van der Waals surface area contributed by atoms with Gasteiger partial charge in [0.15, 0.2) is 11.6 Å². The van der Waals surface area contributed by atoms with Gasteiger partial charge in [0.05, 0.1) is 10.2 Å². The number of halogens is 3. The normalized spacial score (nSPS) is 17.2. The number of carbonyl (C=O) groups is 1. The number of aliphatic carboxylic acids is 1. The Balaban J connectivity index is 2.08. The number of aryl methyl sites for hydroxylation is 1. The minimum atomic E-state index is -0.965. The highest BCUT2D eigenvalue weighted by atomic mass is 79.9. The van der Waals surface area contributed by atoms with Crippen LogP contribution in [0.1, 0.15) is 22.9 Å². The summed E-state index contributed by atoms with van der Waals surface area (Å²) in [5.74, 6) is -3.40. The summed E-state index contributed by atoms with van der Waals surface area (Å²) < 4.78 is 26.7. The van der Waals surface area contributed by atoms with Crippen LogP contribution in [0.2, 0.25) is 0 Å². The topological polar surface area (TPSA) is 50.2 Å². The molecule has 20 heavy (non-hydrogen) atoms. The average Bonchev–Trinajstić information content (AvgIpc) is 2.95. The Labute approximate surface area is 125 Å². The van der Waals surface area contributed by atoms with Crippen LogP contribution in [0.15, 0.2) is 16.6 Å². The van der Waals surface area contributed by atoms with E-state index in [0.717, 1.165) is 10.9 Å². The predicted molar refractivity (Wildman–Crippen MR) is 73.9 cm³/mol. The van der Waals surface area contributed by atoms with Crippen LogP contribution in [-0.4, -0.2) is 16.1 Å². The lowest BCUT2D eigenvalue weighted by Gasteiger charge is -2.04. The summed E-state index contributed by atoms with van der Waals surface area (Å²) in [6.45, 7) is 0. The molecule has 0 saturated heterocycles. The smallest absolute Gasteiger partial charge is 0.312 e. The van der Waals surface area contributed by atoms with E-state index in [-0.39, 0.29) is 4.47 Å². The molecule has 3 rings (SSSR count). The van der Waals surface area contributed by atoms with Gasteiger partial charge in [-0.25, -0.2) is 13.8 Å². The molecular weight excluding hydrogens is 352 g/mol. The van der Waals surface area contributed by atoms with Gasteiger partial charge in [-0.05, 0) is 40.9 Å². The van der Waals surface area contributed by atoms with Gasteiger partial charge in [-0.3, -0.25) is 4.79 Å². The highest BCUT2D eigenvalue weighted by Gasteiger charge is 2.33. The van der Waals surface area contributed by atoms with E-state index in [4.69, 9.17) is 5.11 Å². The second-order valence-corrected chi connectivity index (χ2v) is 6.36. The summed E-state index contributed by atoms with van der Waals surface area (Å²) in [6, 6.07) is 2.48. The molecular formula is C13H8BrF2NO2S. The van der Waals surface area contributed by atoms with Crippen LogP contribution in [0.3, 0.4) is 0 Å². The maximum absolute atomic E-state index is 13.5. The number of aromatic nitrogens is 1. The molecule has 1 unspecified atom stereocenters. The number of hydrogen-bond acceptors (Lipinski definition) is 3. The molecule has 1 aromatic heterocycles. The van der Waals surface area contributed by atoms with Crippen molar-refractivity contribution in [1.29, 1.82) is 0 Å². The van der Waals surface area contributed by atoms with Crippen LogP contribution < -0.4 is 0 Å². The Morgan fingerprint density at radius 1 is 1.45 bits per heavy atom. The van der Waals surface area contributed by atoms with E-state index in [9.17, 15) is 13.6 Å². The van der Waals surface area contributed by atoms with E-state index in [1.807, 2.05) is 0 Å². The molecule has 7 heteroatoms. The van der Waals surface area contributed by atoms with Gasteiger partial charge in [0.2, 0.25) is 0 Å². The number of thiazole rings is 1. The summed E-state index contributed by atoms with van der Waals surface area (Å²) in [4.78, 5) is 16.3. The van der Waals surface area contributed by atoms with Crippen molar-refractivity contribution in [2.24, 2.45) is 0 Å². The summed E-state index contributed by atoms with van der Waals surface area (Å²) in [6.07, 6.45) is 1.20. The van der Waals surface area contributed by atoms with Crippen LogP contribution in [0.4, 0.5) is 8.78 Å². The highest BCUT2D eigenvalue weighted by molar-refractivity contribution is 9.10. The number of benzene rings is 1. The van der Waals surface area contributed by atoms with Crippen LogP contribution >= 0.6 is 27.3 Å². The Kier molecular flexibility index (Phi) is 3.33. The van der Waals surface area contributed by atoms with E-state index >= 15 is 0 Å². The molecule has 0 saturated carbocycles. The molecule has 1 N–H and O–H groups in total. The minimum absolute atomic E-state index is 0.0109. The van der Waals surface area contributed by atoms with Gasteiger partial charge in [-0.15, -0.1) is 11.3 Å². The molecule has 0 spiro atoms. The van der Waals surface area contributed by atoms with Gasteiger partial charge >= 0.3 is 5.97 Å². The lowest BCUT2D eigenvalue weighted by atomic mass is 10.1. The summed E-state index contributed by atoms with van der Waals surface area (Å²) >= 11 is 4.35. The van der Waals surface area contributed by atoms with E-state index in [0.29, 0.717) is 29.1 Å². The zero-order chi connectivity index (χ0) is 14.4. The molecule has 0 aliphatic heterocycles. The zero-order valence-electron chi connectivity index (χ0n) is 9.99. The number of rotatable bonds is 2. The summed E-state index contributed by atoms with van der Waals surface area (Å²) in [5.41, 5.74) is 0.988. The molecule has 1 aromatic carbocycles. The van der Waals surface area contributed by atoms with E-state index < -0.39 is 23.5 Å². The van der Waals surface area contributed by atoms with Crippen LogP contribution in [0, 0.1) is 11.6 Å². The predicted octanol–water partition coefficient (Wildman–Crippen LogP) is 3.97. The van der Waals surface area contributed by atoms with Gasteiger partial charge < -0.3 is 5.11 Å². The van der Waals surface area contributed by atoms with Crippen molar-refractivity contribution in [3.05, 3.63) is 38.8 Å². The molecule has 0 bridgehead atoms.